The van der Waals surface area contributed by atoms with E-state index in [1.54, 1.807) is 0 Å². The fourth-order valence-corrected chi connectivity index (χ4v) is 3.29. The molecule has 1 aliphatic rings. The van der Waals surface area contributed by atoms with Gasteiger partial charge >= 0.3 is 0 Å². The molecule has 21 heavy (non-hydrogen) atoms. The molecule has 0 spiro atoms. The first kappa shape index (κ1) is 16.4. The Balaban J connectivity index is 2.12. The molecule has 1 fully saturated rings. The quantitative estimate of drug-likeness (QED) is 0.878. The lowest BCUT2D eigenvalue weighted by molar-refractivity contribution is 0.0495. The van der Waals surface area contributed by atoms with E-state index >= 15 is 0 Å². The van der Waals surface area contributed by atoms with E-state index in [1.807, 2.05) is 19.1 Å². The average Bonchev–Trinajstić information content (AvgIpc) is 2.49. The zero-order chi connectivity index (χ0) is 15.4. The van der Waals surface area contributed by atoms with E-state index in [2.05, 4.69) is 11.8 Å². The van der Waals surface area contributed by atoms with Crippen molar-refractivity contribution in [2.24, 2.45) is 11.7 Å². The molecule has 1 saturated heterocycles. The lowest BCUT2D eigenvalue weighted by Crippen LogP contribution is -2.45. The first-order chi connectivity index (χ1) is 10.0. The SMILES string of the molecule is CCC(N)C(c1ccc(F)cc1)N1CCC(C(C)O)CC1. The maximum atomic E-state index is 13.1. The fraction of sp³-hybridized carbons (Fsp3) is 0.647. The van der Waals surface area contributed by atoms with Crippen molar-refractivity contribution < 1.29 is 9.50 Å². The lowest BCUT2D eigenvalue weighted by Gasteiger charge is -2.41. The monoisotopic (exact) mass is 294 g/mol. The normalized spacial score (nSPS) is 22.0. The second-order valence-electron chi connectivity index (χ2n) is 6.18. The summed E-state index contributed by atoms with van der Waals surface area (Å²) in [6.45, 7) is 5.83. The molecule has 4 heteroatoms. The maximum absolute atomic E-state index is 13.1. The molecule has 1 aromatic rings. The molecule has 0 amide bonds. The Morgan fingerprint density at radius 2 is 1.86 bits per heavy atom. The highest BCUT2D eigenvalue weighted by atomic mass is 19.1. The molecular formula is C17H27FN2O. The van der Waals surface area contributed by atoms with Crippen molar-refractivity contribution in [1.82, 2.24) is 4.90 Å². The van der Waals surface area contributed by atoms with E-state index < -0.39 is 0 Å². The first-order valence-corrected chi connectivity index (χ1v) is 7.96. The van der Waals surface area contributed by atoms with Crippen molar-refractivity contribution in [1.29, 1.82) is 0 Å². The summed E-state index contributed by atoms with van der Waals surface area (Å²) in [7, 11) is 0. The molecule has 3 nitrogen and oxygen atoms in total. The highest BCUT2D eigenvalue weighted by Crippen LogP contribution is 2.31. The Kier molecular flexibility index (Phi) is 5.73. The van der Waals surface area contributed by atoms with Gasteiger partial charge in [-0.15, -0.1) is 0 Å². The zero-order valence-electron chi connectivity index (χ0n) is 13.0. The second-order valence-corrected chi connectivity index (χ2v) is 6.18. The second kappa shape index (κ2) is 7.34. The predicted molar refractivity (Wildman–Crippen MR) is 83.4 cm³/mol. The number of halogens is 1. The third-order valence-corrected chi connectivity index (χ3v) is 4.74. The molecule has 3 N–H and O–H groups in total. The molecule has 1 aromatic carbocycles. The number of benzene rings is 1. The number of aliphatic hydroxyl groups excluding tert-OH is 1. The van der Waals surface area contributed by atoms with E-state index in [-0.39, 0.29) is 24.0 Å². The summed E-state index contributed by atoms with van der Waals surface area (Å²) in [6, 6.07) is 6.87. The van der Waals surface area contributed by atoms with Gasteiger partial charge in [0.1, 0.15) is 5.82 Å². The Labute approximate surface area is 126 Å². The molecule has 118 valence electrons. The van der Waals surface area contributed by atoms with Crippen LogP contribution in [0.25, 0.3) is 0 Å². The van der Waals surface area contributed by atoms with Crippen LogP contribution in [0.4, 0.5) is 4.39 Å². The van der Waals surface area contributed by atoms with E-state index in [9.17, 15) is 9.50 Å². The summed E-state index contributed by atoms with van der Waals surface area (Å²) in [5.41, 5.74) is 7.41. The molecule has 1 aliphatic heterocycles. The molecule has 0 aliphatic carbocycles. The number of rotatable bonds is 5. The summed E-state index contributed by atoms with van der Waals surface area (Å²) < 4.78 is 13.1. The maximum Gasteiger partial charge on any atom is 0.123 e. The molecule has 2 rings (SSSR count). The van der Waals surface area contributed by atoms with E-state index in [0.29, 0.717) is 5.92 Å². The van der Waals surface area contributed by atoms with Gasteiger partial charge in [0.2, 0.25) is 0 Å². The van der Waals surface area contributed by atoms with Gasteiger partial charge in [0.15, 0.2) is 0 Å². The van der Waals surface area contributed by atoms with Gasteiger partial charge in [0.05, 0.1) is 6.10 Å². The molecule has 1 heterocycles. The number of hydrogen-bond donors (Lipinski definition) is 2. The van der Waals surface area contributed by atoms with Crippen LogP contribution >= 0.6 is 0 Å². The van der Waals surface area contributed by atoms with Crippen LogP contribution in [0.2, 0.25) is 0 Å². The summed E-state index contributed by atoms with van der Waals surface area (Å²) in [5, 5.41) is 9.72. The Bertz CT molecular complexity index is 427. The third kappa shape index (κ3) is 4.02. The van der Waals surface area contributed by atoms with Gasteiger partial charge in [0, 0.05) is 12.1 Å². The van der Waals surface area contributed by atoms with Crippen molar-refractivity contribution in [2.75, 3.05) is 13.1 Å². The van der Waals surface area contributed by atoms with E-state index in [4.69, 9.17) is 5.73 Å². The molecule has 3 atom stereocenters. The van der Waals surface area contributed by atoms with Gasteiger partial charge < -0.3 is 10.8 Å². The van der Waals surface area contributed by atoms with Crippen molar-refractivity contribution >= 4 is 0 Å². The average molecular weight is 294 g/mol. The third-order valence-electron chi connectivity index (χ3n) is 4.74. The summed E-state index contributed by atoms with van der Waals surface area (Å²) in [4.78, 5) is 2.39. The van der Waals surface area contributed by atoms with Crippen molar-refractivity contribution in [3.8, 4) is 0 Å². The molecule has 0 saturated carbocycles. The summed E-state index contributed by atoms with van der Waals surface area (Å²) in [5.74, 6) is 0.170. The van der Waals surface area contributed by atoms with Gasteiger partial charge in [0.25, 0.3) is 0 Å². The Morgan fingerprint density at radius 3 is 2.33 bits per heavy atom. The van der Waals surface area contributed by atoms with Crippen LogP contribution in [0.15, 0.2) is 24.3 Å². The number of likely N-dealkylation sites (tertiary alicyclic amines) is 1. The highest BCUT2D eigenvalue weighted by molar-refractivity contribution is 5.22. The number of aliphatic hydroxyl groups is 1. The minimum Gasteiger partial charge on any atom is -0.393 e. The number of nitrogens with zero attached hydrogens (tertiary/aromatic N) is 1. The van der Waals surface area contributed by atoms with Crippen molar-refractivity contribution in [3.05, 3.63) is 35.6 Å². The smallest absolute Gasteiger partial charge is 0.123 e. The topological polar surface area (TPSA) is 49.5 Å². The number of nitrogens with two attached hydrogens (primary N) is 1. The Hall–Kier alpha value is -0.970. The predicted octanol–water partition coefficient (Wildman–Crippen LogP) is 2.70. The van der Waals surface area contributed by atoms with Crippen LogP contribution in [0.5, 0.6) is 0 Å². The van der Waals surface area contributed by atoms with Crippen LogP contribution in [-0.4, -0.2) is 35.2 Å². The molecule has 0 radical (unpaired) electrons. The highest BCUT2D eigenvalue weighted by Gasteiger charge is 2.30. The van der Waals surface area contributed by atoms with Gasteiger partial charge in [-0.1, -0.05) is 19.1 Å². The van der Waals surface area contributed by atoms with E-state index in [1.165, 1.54) is 12.1 Å². The van der Waals surface area contributed by atoms with Crippen LogP contribution in [0.3, 0.4) is 0 Å². The zero-order valence-corrected chi connectivity index (χ0v) is 13.0. The first-order valence-electron chi connectivity index (χ1n) is 7.96. The summed E-state index contributed by atoms with van der Waals surface area (Å²) >= 11 is 0. The fourth-order valence-electron chi connectivity index (χ4n) is 3.29. The van der Waals surface area contributed by atoms with Crippen LogP contribution in [-0.2, 0) is 0 Å². The summed E-state index contributed by atoms with van der Waals surface area (Å²) in [6.07, 6.45) is 2.63. The van der Waals surface area contributed by atoms with E-state index in [0.717, 1.165) is 37.9 Å². The van der Waals surface area contributed by atoms with Gasteiger partial charge in [-0.2, -0.15) is 0 Å². The van der Waals surface area contributed by atoms with Crippen LogP contribution in [0.1, 0.15) is 44.7 Å². The van der Waals surface area contributed by atoms with Crippen LogP contribution < -0.4 is 5.73 Å². The minimum absolute atomic E-state index is 0.0403. The number of piperidine rings is 1. The molecule has 3 unspecified atom stereocenters. The number of hydrogen-bond acceptors (Lipinski definition) is 3. The van der Waals surface area contributed by atoms with Gasteiger partial charge in [-0.05, 0) is 62.9 Å². The van der Waals surface area contributed by atoms with Crippen LogP contribution in [0, 0.1) is 11.7 Å². The lowest BCUT2D eigenvalue weighted by atomic mass is 9.88. The largest absolute Gasteiger partial charge is 0.393 e. The molecule has 0 aromatic heterocycles. The van der Waals surface area contributed by atoms with Crippen molar-refractivity contribution in [3.63, 3.8) is 0 Å². The minimum atomic E-state index is -0.240. The molecular weight excluding hydrogens is 267 g/mol. The molecule has 0 bridgehead atoms. The van der Waals surface area contributed by atoms with Gasteiger partial charge in [-0.25, -0.2) is 4.39 Å². The Morgan fingerprint density at radius 1 is 1.29 bits per heavy atom. The van der Waals surface area contributed by atoms with Crippen molar-refractivity contribution in [2.45, 2.75) is 51.3 Å². The standard InChI is InChI=1S/C17H27FN2O/c1-3-16(19)17(14-4-6-15(18)7-5-14)20-10-8-13(9-11-20)12(2)21/h4-7,12-13,16-17,21H,3,8-11,19H2,1-2H3. The van der Waals surface area contributed by atoms with Gasteiger partial charge in [-0.3, -0.25) is 4.90 Å².